The van der Waals surface area contributed by atoms with Gasteiger partial charge in [0.05, 0.1) is 17.6 Å². The molecule has 0 radical (unpaired) electrons. The summed E-state index contributed by atoms with van der Waals surface area (Å²) in [6, 6.07) is 10.6. The zero-order valence-corrected chi connectivity index (χ0v) is 22.5. The van der Waals surface area contributed by atoms with E-state index in [0.717, 1.165) is 77.0 Å². The summed E-state index contributed by atoms with van der Waals surface area (Å²) < 4.78 is 2.36. The topological polar surface area (TPSA) is 74.5 Å². The standard InChI is InChI=1S/C31H33N5O2/c1-19-5-7-23(8-6-19)28-25(16-27(37)38)21(3)29-30-26(28)15-20(2)35(30)13-14-36(29)31-32-17-24(18-33-31)22-9-11-34(4)12-10-22/h5-9,15,17-18H,10-14,16H2,1-4H3,(H,37,38). The van der Waals surface area contributed by atoms with Gasteiger partial charge < -0.3 is 19.5 Å². The Balaban J connectivity index is 1.52. The highest BCUT2D eigenvalue weighted by Crippen LogP contribution is 2.46. The second-order valence-corrected chi connectivity index (χ2v) is 10.6. The summed E-state index contributed by atoms with van der Waals surface area (Å²) in [4.78, 5) is 26.2. The van der Waals surface area contributed by atoms with E-state index in [1.54, 1.807) is 0 Å². The van der Waals surface area contributed by atoms with E-state index in [0.29, 0.717) is 5.95 Å². The summed E-state index contributed by atoms with van der Waals surface area (Å²) in [7, 11) is 2.13. The van der Waals surface area contributed by atoms with Crippen molar-refractivity contribution in [2.75, 3.05) is 31.6 Å². The fraction of sp³-hybridized carbons (Fsp3) is 0.323. The molecule has 4 aromatic rings. The van der Waals surface area contributed by atoms with Crippen LogP contribution in [-0.2, 0) is 17.8 Å². The molecule has 0 unspecified atom stereocenters. The number of nitrogens with zero attached hydrogens (tertiary/aromatic N) is 5. The van der Waals surface area contributed by atoms with Crippen LogP contribution in [-0.4, -0.2) is 57.2 Å². The van der Waals surface area contributed by atoms with Crippen LogP contribution in [0.3, 0.4) is 0 Å². The van der Waals surface area contributed by atoms with Crippen molar-refractivity contribution in [2.45, 2.75) is 40.2 Å². The fourth-order valence-corrected chi connectivity index (χ4v) is 6.01. The average molecular weight is 508 g/mol. The minimum absolute atomic E-state index is 0.0432. The molecule has 7 heteroatoms. The van der Waals surface area contributed by atoms with E-state index in [2.05, 4.69) is 71.7 Å². The molecule has 2 aliphatic heterocycles. The van der Waals surface area contributed by atoms with Crippen LogP contribution in [0.4, 0.5) is 11.6 Å². The Morgan fingerprint density at radius 1 is 1.00 bits per heavy atom. The molecule has 0 spiro atoms. The quantitative estimate of drug-likeness (QED) is 0.383. The van der Waals surface area contributed by atoms with Crippen molar-refractivity contribution in [3.8, 4) is 11.1 Å². The molecule has 38 heavy (non-hydrogen) atoms. The number of hydrogen-bond donors (Lipinski definition) is 1. The number of rotatable bonds is 5. The normalized spacial score (nSPS) is 15.7. The average Bonchev–Trinajstić information content (AvgIpc) is 3.24. The first-order valence-corrected chi connectivity index (χ1v) is 13.2. The third-order valence-electron chi connectivity index (χ3n) is 8.06. The van der Waals surface area contributed by atoms with Crippen molar-refractivity contribution < 1.29 is 9.90 Å². The lowest BCUT2D eigenvalue weighted by Crippen LogP contribution is -2.30. The van der Waals surface area contributed by atoms with E-state index < -0.39 is 5.97 Å². The molecule has 0 aliphatic carbocycles. The molecular formula is C31H33N5O2. The molecule has 194 valence electrons. The molecule has 6 rings (SSSR count). The number of carboxylic acid groups (broad SMARTS) is 1. The van der Waals surface area contributed by atoms with Crippen LogP contribution in [0.25, 0.3) is 27.6 Å². The van der Waals surface area contributed by atoms with E-state index in [4.69, 9.17) is 9.97 Å². The smallest absolute Gasteiger partial charge is 0.307 e. The third kappa shape index (κ3) is 4.07. The van der Waals surface area contributed by atoms with E-state index in [9.17, 15) is 9.90 Å². The molecular weight excluding hydrogens is 474 g/mol. The van der Waals surface area contributed by atoms with Gasteiger partial charge in [-0.25, -0.2) is 9.97 Å². The van der Waals surface area contributed by atoms with Crippen LogP contribution >= 0.6 is 0 Å². The number of benzene rings is 2. The largest absolute Gasteiger partial charge is 0.481 e. The first kappa shape index (κ1) is 24.4. The van der Waals surface area contributed by atoms with Gasteiger partial charge >= 0.3 is 5.97 Å². The minimum atomic E-state index is -0.835. The van der Waals surface area contributed by atoms with Crippen molar-refractivity contribution in [3.05, 3.63) is 76.7 Å². The maximum atomic E-state index is 12.1. The van der Waals surface area contributed by atoms with Gasteiger partial charge in [-0.05, 0) is 68.1 Å². The first-order chi connectivity index (χ1) is 18.3. The Kier molecular flexibility index (Phi) is 6.03. The third-order valence-corrected chi connectivity index (χ3v) is 8.06. The summed E-state index contributed by atoms with van der Waals surface area (Å²) in [6.07, 6.45) is 7.08. The highest BCUT2D eigenvalue weighted by atomic mass is 16.4. The summed E-state index contributed by atoms with van der Waals surface area (Å²) in [5.74, 6) is -0.181. The lowest BCUT2D eigenvalue weighted by atomic mass is 9.88. The van der Waals surface area contributed by atoms with Crippen LogP contribution in [0.1, 0.15) is 34.4 Å². The predicted octanol–water partition coefficient (Wildman–Crippen LogP) is 5.52. The Morgan fingerprint density at radius 3 is 2.39 bits per heavy atom. The lowest BCUT2D eigenvalue weighted by Gasteiger charge is -2.33. The van der Waals surface area contributed by atoms with Crippen LogP contribution < -0.4 is 4.90 Å². The maximum Gasteiger partial charge on any atom is 0.307 e. The summed E-state index contributed by atoms with van der Waals surface area (Å²) in [5, 5.41) is 11.0. The van der Waals surface area contributed by atoms with Crippen molar-refractivity contribution in [1.82, 2.24) is 19.4 Å². The number of hydrogen-bond acceptors (Lipinski definition) is 5. The van der Waals surface area contributed by atoms with Crippen molar-refractivity contribution in [2.24, 2.45) is 0 Å². The molecule has 2 aromatic carbocycles. The summed E-state index contributed by atoms with van der Waals surface area (Å²) in [5.41, 5.74) is 10.7. The van der Waals surface area contributed by atoms with Gasteiger partial charge in [-0.15, -0.1) is 0 Å². The summed E-state index contributed by atoms with van der Waals surface area (Å²) in [6.45, 7) is 9.76. The van der Waals surface area contributed by atoms with Crippen LogP contribution in [0.15, 0.2) is 48.8 Å². The molecule has 7 nitrogen and oxygen atoms in total. The molecule has 0 saturated carbocycles. The molecule has 0 amide bonds. The molecule has 2 aromatic heterocycles. The molecule has 0 fully saturated rings. The molecule has 2 aliphatic rings. The van der Waals surface area contributed by atoms with Gasteiger partial charge in [0.2, 0.25) is 5.95 Å². The monoisotopic (exact) mass is 507 g/mol. The number of likely N-dealkylation sites (N-methyl/N-ethyl adjacent to an activating group) is 1. The zero-order valence-electron chi connectivity index (χ0n) is 22.5. The van der Waals surface area contributed by atoms with Gasteiger partial charge in [0, 0.05) is 55.2 Å². The number of anilines is 2. The van der Waals surface area contributed by atoms with Gasteiger partial charge in [0.15, 0.2) is 0 Å². The zero-order chi connectivity index (χ0) is 26.6. The van der Waals surface area contributed by atoms with E-state index in [1.807, 2.05) is 19.3 Å². The lowest BCUT2D eigenvalue weighted by molar-refractivity contribution is -0.136. The Labute approximate surface area is 223 Å². The highest BCUT2D eigenvalue weighted by Gasteiger charge is 2.30. The second-order valence-electron chi connectivity index (χ2n) is 10.6. The fourth-order valence-electron chi connectivity index (χ4n) is 6.01. The Hall–Kier alpha value is -3.97. The number of aryl methyl sites for hydroxylation is 2. The summed E-state index contributed by atoms with van der Waals surface area (Å²) >= 11 is 0. The van der Waals surface area contributed by atoms with Gasteiger partial charge in [-0.1, -0.05) is 35.9 Å². The molecule has 4 heterocycles. The van der Waals surface area contributed by atoms with Gasteiger partial charge in [0.25, 0.3) is 0 Å². The highest BCUT2D eigenvalue weighted by molar-refractivity contribution is 6.08. The molecule has 0 bridgehead atoms. The van der Waals surface area contributed by atoms with E-state index in [1.165, 1.54) is 16.8 Å². The van der Waals surface area contributed by atoms with Gasteiger partial charge in [-0.3, -0.25) is 4.79 Å². The number of carboxylic acids is 1. The SMILES string of the molecule is Cc1ccc(-c2c(CC(=O)O)c(C)c3c4c2cc(C)n4CCN3c2ncc(C3=CCN(C)CC3)cn2)cc1. The Bertz CT molecular complexity index is 1580. The van der Waals surface area contributed by atoms with Gasteiger partial charge in [-0.2, -0.15) is 0 Å². The predicted molar refractivity (Wildman–Crippen MR) is 152 cm³/mol. The number of aromatic nitrogens is 3. The molecule has 0 saturated heterocycles. The van der Waals surface area contributed by atoms with Crippen LogP contribution in [0, 0.1) is 20.8 Å². The van der Waals surface area contributed by atoms with E-state index in [-0.39, 0.29) is 6.42 Å². The molecule has 1 N–H and O–H groups in total. The van der Waals surface area contributed by atoms with Crippen molar-refractivity contribution in [1.29, 1.82) is 0 Å². The van der Waals surface area contributed by atoms with Crippen molar-refractivity contribution in [3.63, 3.8) is 0 Å². The van der Waals surface area contributed by atoms with Crippen LogP contribution in [0.2, 0.25) is 0 Å². The number of aliphatic carboxylic acids is 1. The first-order valence-electron chi connectivity index (χ1n) is 13.2. The van der Waals surface area contributed by atoms with E-state index >= 15 is 0 Å². The van der Waals surface area contributed by atoms with Crippen molar-refractivity contribution >= 4 is 34.1 Å². The second kappa shape index (κ2) is 9.40. The molecule has 0 atom stereocenters. The minimum Gasteiger partial charge on any atom is -0.481 e. The number of carbonyl (C=O) groups is 1. The van der Waals surface area contributed by atoms with Crippen LogP contribution in [0.5, 0.6) is 0 Å². The Morgan fingerprint density at radius 2 is 1.74 bits per heavy atom. The maximum absolute atomic E-state index is 12.1. The van der Waals surface area contributed by atoms with Gasteiger partial charge in [0.1, 0.15) is 0 Å².